The third kappa shape index (κ3) is 2.22. The minimum Gasteiger partial charge on any atom is -0.317 e. The van der Waals surface area contributed by atoms with Crippen LogP contribution >= 0.6 is 0 Å². The van der Waals surface area contributed by atoms with Gasteiger partial charge in [-0.15, -0.1) is 0 Å². The van der Waals surface area contributed by atoms with Gasteiger partial charge in [0.2, 0.25) is 0 Å². The highest BCUT2D eigenvalue weighted by Gasteiger charge is 2.40. The molecule has 1 heteroatoms. The molecule has 0 aromatic rings. The second-order valence-electron chi connectivity index (χ2n) is 6.34. The van der Waals surface area contributed by atoms with Crippen LogP contribution < -0.4 is 5.32 Å². The van der Waals surface area contributed by atoms with E-state index in [1.165, 1.54) is 25.7 Å². The minimum absolute atomic E-state index is 0.835. The first kappa shape index (κ1) is 10.1. The molecule has 0 amide bonds. The molecule has 0 spiro atoms. The van der Waals surface area contributed by atoms with Crippen molar-refractivity contribution in [1.29, 1.82) is 0 Å². The summed E-state index contributed by atoms with van der Waals surface area (Å²) in [5, 5.41) is 3.56. The van der Waals surface area contributed by atoms with Crippen LogP contribution in [0.15, 0.2) is 0 Å². The molecule has 4 atom stereocenters. The lowest BCUT2D eigenvalue weighted by atomic mass is 9.83. The molecule has 1 nitrogen and oxygen atoms in total. The van der Waals surface area contributed by atoms with Gasteiger partial charge < -0.3 is 5.32 Å². The van der Waals surface area contributed by atoms with Crippen molar-refractivity contribution in [2.45, 2.75) is 57.4 Å². The van der Waals surface area contributed by atoms with Gasteiger partial charge in [-0.3, -0.25) is 0 Å². The molecule has 0 radical (unpaired) electrons. The maximum absolute atomic E-state index is 3.56. The second-order valence-corrected chi connectivity index (χ2v) is 6.34. The average molecular weight is 207 g/mol. The van der Waals surface area contributed by atoms with E-state index in [0.717, 1.165) is 29.7 Å². The van der Waals surface area contributed by atoms with Crippen molar-refractivity contribution in [3.05, 3.63) is 0 Å². The van der Waals surface area contributed by atoms with E-state index < -0.39 is 0 Å². The van der Waals surface area contributed by atoms with Gasteiger partial charge in [-0.05, 0) is 62.8 Å². The van der Waals surface area contributed by atoms with E-state index in [-0.39, 0.29) is 0 Å². The molecule has 1 N–H and O–H groups in total. The summed E-state index contributed by atoms with van der Waals surface area (Å²) in [6, 6.07) is 0.835. The van der Waals surface area contributed by atoms with Gasteiger partial charge in [0.1, 0.15) is 0 Å². The highest BCUT2D eigenvalue weighted by Crippen LogP contribution is 2.50. The fraction of sp³-hybridized carbons (Fsp3) is 1.00. The third-order valence-corrected chi connectivity index (χ3v) is 5.19. The Hall–Kier alpha value is -0.0400. The molecule has 0 aromatic carbocycles. The van der Waals surface area contributed by atoms with Crippen LogP contribution in [0.2, 0.25) is 0 Å². The topological polar surface area (TPSA) is 12.0 Å². The fourth-order valence-corrected chi connectivity index (χ4v) is 4.12. The lowest BCUT2D eigenvalue weighted by Crippen LogP contribution is -2.30. The predicted octanol–water partition coefficient (Wildman–Crippen LogP) is 3.20. The zero-order valence-electron chi connectivity index (χ0n) is 10.0. The standard InChI is InChI=1S/C14H25N/c1-15-14(8-10-2-3-10)9-13-7-11-4-5-12(13)6-11/h10-15H,2-9H2,1H3. The summed E-state index contributed by atoms with van der Waals surface area (Å²) >= 11 is 0. The van der Waals surface area contributed by atoms with Gasteiger partial charge in [0.15, 0.2) is 0 Å². The Morgan fingerprint density at radius 2 is 1.93 bits per heavy atom. The van der Waals surface area contributed by atoms with Crippen LogP contribution in [-0.2, 0) is 0 Å². The van der Waals surface area contributed by atoms with Crippen LogP contribution in [0, 0.1) is 23.7 Å². The molecule has 0 aromatic heterocycles. The first-order valence-electron chi connectivity index (χ1n) is 7.02. The fourth-order valence-electron chi connectivity index (χ4n) is 4.12. The van der Waals surface area contributed by atoms with E-state index in [0.29, 0.717) is 0 Å². The molecule has 3 saturated carbocycles. The molecule has 15 heavy (non-hydrogen) atoms. The number of rotatable bonds is 5. The molecular formula is C14H25N. The van der Waals surface area contributed by atoms with Gasteiger partial charge >= 0.3 is 0 Å². The second kappa shape index (κ2) is 4.08. The Balaban J connectivity index is 1.49. The van der Waals surface area contributed by atoms with Crippen molar-refractivity contribution >= 4 is 0 Å². The van der Waals surface area contributed by atoms with E-state index in [4.69, 9.17) is 0 Å². The van der Waals surface area contributed by atoms with Crippen LogP contribution in [0.4, 0.5) is 0 Å². The van der Waals surface area contributed by atoms with Crippen LogP contribution in [0.5, 0.6) is 0 Å². The van der Waals surface area contributed by atoms with Gasteiger partial charge in [-0.1, -0.05) is 19.3 Å². The molecule has 0 aliphatic heterocycles. The number of nitrogens with one attached hydrogen (secondary N) is 1. The monoisotopic (exact) mass is 207 g/mol. The summed E-state index contributed by atoms with van der Waals surface area (Å²) in [5.41, 5.74) is 0. The number of hydrogen-bond donors (Lipinski definition) is 1. The summed E-state index contributed by atoms with van der Waals surface area (Å²) in [6.45, 7) is 0. The van der Waals surface area contributed by atoms with Gasteiger partial charge in [0.25, 0.3) is 0 Å². The molecule has 3 rings (SSSR count). The SMILES string of the molecule is CNC(CC1CC1)CC1CC2CCC1C2. The third-order valence-electron chi connectivity index (χ3n) is 5.19. The van der Waals surface area contributed by atoms with Crippen molar-refractivity contribution in [3.8, 4) is 0 Å². The average Bonchev–Trinajstić information content (AvgIpc) is 2.82. The molecule has 86 valence electrons. The number of hydrogen-bond acceptors (Lipinski definition) is 1. The Morgan fingerprint density at radius 3 is 2.47 bits per heavy atom. The Morgan fingerprint density at radius 1 is 1.07 bits per heavy atom. The molecular weight excluding hydrogens is 182 g/mol. The molecule has 3 fully saturated rings. The van der Waals surface area contributed by atoms with E-state index >= 15 is 0 Å². The highest BCUT2D eigenvalue weighted by atomic mass is 14.9. The molecule has 0 heterocycles. The molecule has 3 aliphatic carbocycles. The maximum atomic E-state index is 3.56. The Bertz CT molecular complexity index is 221. The Kier molecular flexibility index (Phi) is 2.76. The summed E-state index contributed by atoms with van der Waals surface area (Å²) < 4.78 is 0. The first-order valence-corrected chi connectivity index (χ1v) is 7.02. The maximum Gasteiger partial charge on any atom is 0.00694 e. The normalized spacial score (nSPS) is 41.0. The zero-order valence-corrected chi connectivity index (χ0v) is 10.0. The van der Waals surface area contributed by atoms with Crippen LogP contribution in [0.25, 0.3) is 0 Å². The predicted molar refractivity (Wildman–Crippen MR) is 63.7 cm³/mol. The molecule has 2 bridgehead atoms. The highest BCUT2D eigenvalue weighted by molar-refractivity contribution is 4.92. The van der Waals surface area contributed by atoms with Crippen LogP contribution in [0.3, 0.4) is 0 Å². The lowest BCUT2D eigenvalue weighted by Gasteiger charge is -2.26. The van der Waals surface area contributed by atoms with Crippen molar-refractivity contribution < 1.29 is 0 Å². The smallest absolute Gasteiger partial charge is 0.00694 e. The van der Waals surface area contributed by atoms with Crippen molar-refractivity contribution in [2.24, 2.45) is 23.7 Å². The van der Waals surface area contributed by atoms with E-state index in [9.17, 15) is 0 Å². The van der Waals surface area contributed by atoms with Crippen LogP contribution in [0.1, 0.15) is 51.4 Å². The first-order chi connectivity index (χ1) is 7.35. The quantitative estimate of drug-likeness (QED) is 0.730. The van der Waals surface area contributed by atoms with Gasteiger partial charge in [-0.2, -0.15) is 0 Å². The van der Waals surface area contributed by atoms with Crippen molar-refractivity contribution in [1.82, 2.24) is 5.32 Å². The lowest BCUT2D eigenvalue weighted by molar-refractivity contribution is 0.273. The molecule has 0 saturated heterocycles. The van der Waals surface area contributed by atoms with E-state index in [1.807, 2.05) is 0 Å². The summed E-state index contributed by atoms with van der Waals surface area (Å²) in [6.07, 6.45) is 12.2. The van der Waals surface area contributed by atoms with Crippen LogP contribution in [-0.4, -0.2) is 13.1 Å². The molecule has 3 aliphatic rings. The van der Waals surface area contributed by atoms with Gasteiger partial charge in [-0.25, -0.2) is 0 Å². The van der Waals surface area contributed by atoms with E-state index in [2.05, 4.69) is 12.4 Å². The van der Waals surface area contributed by atoms with Crippen molar-refractivity contribution in [2.75, 3.05) is 7.05 Å². The van der Waals surface area contributed by atoms with Gasteiger partial charge in [0, 0.05) is 6.04 Å². The minimum atomic E-state index is 0.835. The number of fused-ring (bicyclic) bond motifs is 2. The summed E-state index contributed by atoms with van der Waals surface area (Å²) in [7, 11) is 2.17. The largest absolute Gasteiger partial charge is 0.317 e. The summed E-state index contributed by atoms with van der Waals surface area (Å²) in [5.74, 6) is 4.41. The van der Waals surface area contributed by atoms with E-state index in [1.54, 1.807) is 25.7 Å². The molecule has 4 unspecified atom stereocenters. The van der Waals surface area contributed by atoms with Gasteiger partial charge in [0.05, 0.1) is 0 Å². The van der Waals surface area contributed by atoms with Crippen molar-refractivity contribution in [3.63, 3.8) is 0 Å². The summed E-state index contributed by atoms with van der Waals surface area (Å²) in [4.78, 5) is 0. The Labute approximate surface area is 94.0 Å². The zero-order chi connectivity index (χ0) is 10.3.